The van der Waals surface area contributed by atoms with Crippen molar-refractivity contribution in [2.24, 2.45) is 0 Å². The molecule has 0 atom stereocenters. The van der Waals surface area contributed by atoms with Crippen molar-refractivity contribution in [3.8, 4) is 5.75 Å². The Morgan fingerprint density at radius 3 is 2.80 bits per heavy atom. The van der Waals surface area contributed by atoms with Gasteiger partial charge in [0.15, 0.2) is 5.75 Å². The maximum atomic E-state index is 10.8. The zero-order valence-corrected chi connectivity index (χ0v) is 12.0. The van der Waals surface area contributed by atoms with Crippen molar-refractivity contribution in [1.82, 2.24) is 4.98 Å². The Morgan fingerprint density at radius 1 is 1.40 bits per heavy atom. The summed E-state index contributed by atoms with van der Waals surface area (Å²) in [5, 5.41) is 11.4. The molecule has 2 aromatic rings. The zero-order chi connectivity index (χ0) is 14.5. The van der Waals surface area contributed by atoms with Crippen molar-refractivity contribution in [1.29, 1.82) is 0 Å². The van der Waals surface area contributed by atoms with Crippen molar-refractivity contribution < 1.29 is 14.1 Å². The van der Waals surface area contributed by atoms with Gasteiger partial charge in [-0.25, -0.2) is 4.98 Å². The predicted molar refractivity (Wildman–Crippen MR) is 75.3 cm³/mol. The lowest BCUT2D eigenvalue weighted by molar-refractivity contribution is -0.385. The standard InChI is InChI=1S/C13H14N2O4S/c1-9-10(2)19-13(14-9)20-8-7-18-12-6-4-3-5-11(12)15(16)17/h3-6H,7-8H2,1-2H3. The van der Waals surface area contributed by atoms with Gasteiger partial charge >= 0.3 is 5.69 Å². The smallest absolute Gasteiger partial charge is 0.310 e. The van der Waals surface area contributed by atoms with Gasteiger partial charge in [-0.05, 0) is 19.9 Å². The molecule has 0 fully saturated rings. The summed E-state index contributed by atoms with van der Waals surface area (Å²) in [7, 11) is 0. The second-order valence-corrected chi connectivity index (χ2v) is 5.09. The number of rotatable bonds is 6. The van der Waals surface area contributed by atoms with E-state index in [0.29, 0.717) is 17.6 Å². The Labute approximate surface area is 120 Å². The highest BCUT2D eigenvalue weighted by atomic mass is 32.2. The van der Waals surface area contributed by atoms with E-state index in [-0.39, 0.29) is 11.4 Å². The molecule has 7 heteroatoms. The van der Waals surface area contributed by atoms with Gasteiger partial charge in [-0.3, -0.25) is 10.1 Å². The highest BCUT2D eigenvalue weighted by Gasteiger charge is 2.13. The van der Waals surface area contributed by atoms with Crippen LogP contribution in [0.2, 0.25) is 0 Å². The van der Waals surface area contributed by atoms with Crippen LogP contribution < -0.4 is 4.74 Å². The molecule has 0 bridgehead atoms. The lowest BCUT2D eigenvalue weighted by Gasteiger charge is -2.05. The molecule has 1 aromatic heterocycles. The number of para-hydroxylation sites is 2. The number of hydrogen-bond acceptors (Lipinski definition) is 6. The molecule has 2 rings (SSSR count). The lowest BCUT2D eigenvalue weighted by atomic mass is 10.3. The topological polar surface area (TPSA) is 78.4 Å². The van der Waals surface area contributed by atoms with Gasteiger partial charge in [0.25, 0.3) is 5.22 Å². The van der Waals surface area contributed by atoms with Gasteiger partial charge < -0.3 is 9.15 Å². The Bertz CT molecular complexity index is 593. The molecule has 106 valence electrons. The minimum absolute atomic E-state index is 0.0275. The van der Waals surface area contributed by atoms with Gasteiger partial charge in [-0.1, -0.05) is 23.9 Å². The second-order valence-electron chi connectivity index (χ2n) is 4.04. The summed E-state index contributed by atoms with van der Waals surface area (Å²) < 4.78 is 10.8. The van der Waals surface area contributed by atoms with Crippen LogP contribution in [0.15, 0.2) is 33.9 Å². The number of ether oxygens (including phenoxy) is 1. The van der Waals surface area contributed by atoms with Crippen molar-refractivity contribution in [2.75, 3.05) is 12.4 Å². The monoisotopic (exact) mass is 294 g/mol. The van der Waals surface area contributed by atoms with Gasteiger partial charge in [0.05, 0.1) is 17.2 Å². The second kappa shape index (κ2) is 6.42. The van der Waals surface area contributed by atoms with Crippen LogP contribution >= 0.6 is 11.8 Å². The molecule has 0 aliphatic rings. The molecular weight excluding hydrogens is 280 g/mol. The summed E-state index contributed by atoms with van der Waals surface area (Å²) in [4.78, 5) is 14.6. The summed E-state index contributed by atoms with van der Waals surface area (Å²) in [6, 6.07) is 6.32. The number of aromatic nitrogens is 1. The Hall–Kier alpha value is -2.02. The van der Waals surface area contributed by atoms with E-state index in [4.69, 9.17) is 9.15 Å². The number of thioether (sulfide) groups is 1. The number of aryl methyl sites for hydroxylation is 2. The van der Waals surface area contributed by atoms with E-state index in [1.54, 1.807) is 18.2 Å². The predicted octanol–water partition coefficient (Wildman–Crippen LogP) is 3.37. The summed E-state index contributed by atoms with van der Waals surface area (Å²) in [5.41, 5.74) is 0.840. The van der Waals surface area contributed by atoms with Crippen LogP contribution in [0.5, 0.6) is 5.75 Å². The summed E-state index contributed by atoms with van der Waals surface area (Å²) in [6.45, 7) is 4.08. The molecule has 0 unspecified atom stereocenters. The van der Waals surface area contributed by atoms with Gasteiger partial charge in [0, 0.05) is 11.8 Å². The van der Waals surface area contributed by atoms with Gasteiger partial charge in [0.2, 0.25) is 0 Å². The average Bonchev–Trinajstić information content (AvgIpc) is 2.74. The molecule has 0 radical (unpaired) electrons. The molecule has 0 spiro atoms. The zero-order valence-electron chi connectivity index (χ0n) is 11.2. The quantitative estimate of drug-likeness (QED) is 0.352. The molecule has 0 saturated carbocycles. The van der Waals surface area contributed by atoms with Crippen LogP contribution in [0.3, 0.4) is 0 Å². The van der Waals surface area contributed by atoms with Crippen LogP contribution in [0, 0.1) is 24.0 Å². The van der Waals surface area contributed by atoms with Crippen molar-refractivity contribution >= 4 is 17.4 Å². The maximum absolute atomic E-state index is 10.8. The van der Waals surface area contributed by atoms with Gasteiger partial charge in [0.1, 0.15) is 5.76 Å². The Morgan fingerprint density at radius 2 is 2.15 bits per heavy atom. The normalized spacial score (nSPS) is 10.5. The maximum Gasteiger partial charge on any atom is 0.310 e. The first-order valence-corrected chi connectivity index (χ1v) is 6.99. The molecule has 6 nitrogen and oxygen atoms in total. The first kappa shape index (κ1) is 14.4. The molecule has 1 heterocycles. The van der Waals surface area contributed by atoms with E-state index in [9.17, 15) is 10.1 Å². The summed E-state index contributed by atoms with van der Waals surface area (Å²) in [5.74, 6) is 1.68. The van der Waals surface area contributed by atoms with Crippen molar-refractivity contribution in [2.45, 2.75) is 19.1 Å². The number of nitrogens with zero attached hydrogens (tertiary/aromatic N) is 2. The first-order chi connectivity index (χ1) is 9.58. The molecule has 0 amide bonds. The van der Waals surface area contributed by atoms with Crippen molar-refractivity contribution in [3.63, 3.8) is 0 Å². The molecule has 0 aliphatic heterocycles. The van der Waals surface area contributed by atoms with E-state index < -0.39 is 4.92 Å². The summed E-state index contributed by atoms with van der Waals surface area (Å²) in [6.07, 6.45) is 0. The van der Waals surface area contributed by atoms with Crippen LogP contribution in [-0.2, 0) is 0 Å². The largest absolute Gasteiger partial charge is 0.486 e. The van der Waals surface area contributed by atoms with E-state index in [1.165, 1.54) is 17.8 Å². The summed E-state index contributed by atoms with van der Waals surface area (Å²) >= 11 is 1.42. The van der Waals surface area contributed by atoms with Crippen LogP contribution in [0.25, 0.3) is 0 Å². The fourth-order valence-corrected chi connectivity index (χ4v) is 2.24. The molecule has 0 aliphatic carbocycles. The first-order valence-electron chi connectivity index (χ1n) is 6.01. The molecule has 0 N–H and O–H groups in total. The Balaban J connectivity index is 1.86. The van der Waals surface area contributed by atoms with Crippen molar-refractivity contribution in [3.05, 3.63) is 45.8 Å². The molecule has 0 saturated heterocycles. The Kier molecular flexibility index (Phi) is 4.62. The highest BCUT2D eigenvalue weighted by Crippen LogP contribution is 2.26. The lowest BCUT2D eigenvalue weighted by Crippen LogP contribution is -2.02. The van der Waals surface area contributed by atoms with Gasteiger partial charge in [-0.2, -0.15) is 0 Å². The van der Waals surface area contributed by atoms with Crippen LogP contribution in [-0.4, -0.2) is 22.3 Å². The molecular formula is C13H14N2O4S. The highest BCUT2D eigenvalue weighted by molar-refractivity contribution is 7.99. The minimum Gasteiger partial charge on any atom is -0.486 e. The van der Waals surface area contributed by atoms with E-state index >= 15 is 0 Å². The third kappa shape index (κ3) is 3.51. The number of oxazole rings is 1. The third-order valence-corrected chi connectivity index (χ3v) is 3.43. The SMILES string of the molecule is Cc1nc(SCCOc2ccccc2[N+](=O)[O-])oc1C. The van der Waals surface area contributed by atoms with Crippen LogP contribution in [0.4, 0.5) is 5.69 Å². The number of benzene rings is 1. The number of hydrogen-bond donors (Lipinski definition) is 0. The van der Waals surface area contributed by atoms with E-state index in [1.807, 2.05) is 13.8 Å². The number of nitro benzene ring substituents is 1. The fourth-order valence-electron chi connectivity index (χ4n) is 1.52. The molecule has 20 heavy (non-hydrogen) atoms. The van der Waals surface area contributed by atoms with Crippen LogP contribution in [0.1, 0.15) is 11.5 Å². The fraction of sp³-hybridized carbons (Fsp3) is 0.308. The molecule has 1 aromatic carbocycles. The van der Waals surface area contributed by atoms with E-state index in [0.717, 1.165) is 11.5 Å². The van der Waals surface area contributed by atoms with Gasteiger partial charge in [-0.15, -0.1) is 0 Å². The third-order valence-electron chi connectivity index (χ3n) is 2.64. The van der Waals surface area contributed by atoms with E-state index in [2.05, 4.69) is 4.98 Å². The average molecular weight is 294 g/mol. The number of nitro groups is 1. The minimum atomic E-state index is -0.455.